The molecule has 1 aromatic rings. The lowest BCUT2D eigenvalue weighted by atomic mass is 10.1. The Labute approximate surface area is 146 Å². The van der Waals surface area contributed by atoms with Gasteiger partial charge in [0, 0.05) is 6.04 Å². The van der Waals surface area contributed by atoms with E-state index in [-0.39, 0.29) is 18.6 Å². The molecule has 0 spiro atoms. The van der Waals surface area contributed by atoms with Gasteiger partial charge in [0.1, 0.15) is 5.60 Å². The number of benzene rings is 1. The molecule has 124 valence electrons. The van der Waals surface area contributed by atoms with Crippen molar-refractivity contribution >= 4 is 29.3 Å². The first-order chi connectivity index (χ1) is 10.7. The van der Waals surface area contributed by atoms with Gasteiger partial charge < -0.3 is 9.64 Å². The number of hydrogen-bond acceptors (Lipinski definition) is 3. The fourth-order valence-corrected chi connectivity index (χ4v) is 2.68. The molecule has 6 heteroatoms. The summed E-state index contributed by atoms with van der Waals surface area (Å²) in [5.74, 6) is 0. The van der Waals surface area contributed by atoms with Crippen LogP contribution in [0.25, 0.3) is 0 Å². The maximum Gasteiger partial charge on any atom is 0.410 e. The van der Waals surface area contributed by atoms with Gasteiger partial charge in [0.25, 0.3) is 0 Å². The quantitative estimate of drug-likeness (QED) is 0.767. The molecule has 23 heavy (non-hydrogen) atoms. The third-order valence-corrected chi connectivity index (χ3v) is 4.24. The second-order valence-electron chi connectivity index (χ2n) is 6.73. The molecule has 2 rings (SSSR count). The molecule has 0 bridgehead atoms. The van der Waals surface area contributed by atoms with Crippen molar-refractivity contribution in [3.8, 4) is 6.07 Å². The topological polar surface area (TPSA) is 53.3 Å². The number of nitriles is 1. The van der Waals surface area contributed by atoms with Gasteiger partial charge in [-0.1, -0.05) is 29.3 Å². The Kier molecular flexibility index (Phi) is 5.44. The number of hydrogen-bond donors (Lipinski definition) is 0. The normalized spacial score (nSPS) is 14.3. The predicted octanol–water partition coefficient (Wildman–Crippen LogP) is 4.96. The molecule has 1 fully saturated rings. The molecule has 0 radical (unpaired) electrons. The zero-order valence-electron chi connectivity index (χ0n) is 13.5. The van der Waals surface area contributed by atoms with E-state index < -0.39 is 5.60 Å². The molecule has 0 N–H and O–H groups in total. The van der Waals surface area contributed by atoms with Crippen molar-refractivity contribution in [3.63, 3.8) is 0 Å². The molecule has 1 saturated carbocycles. The van der Waals surface area contributed by atoms with Crippen molar-refractivity contribution < 1.29 is 9.53 Å². The van der Waals surface area contributed by atoms with Crippen LogP contribution < -0.4 is 0 Å². The van der Waals surface area contributed by atoms with E-state index in [2.05, 4.69) is 6.07 Å². The Hall–Kier alpha value is -1.44. The molecular weight excluding hydrogens is 335 g/mol. The standard InChI is InChI=1S/C17H20Cl2N2O2/c1-17(2,3)23-16(22)21(13-4-5-13)10-12-8-11(6-7-20)9-14(18)15(12)19/h8-9,13H,4-6,10H2,1-3H3. The van der Waals surface area contributed by atoms with Gasteiger partial charge in [-0.05, 0) is 50.8 Å². The lowest BCUT2D eigenvalue weighted by molar-refractivity contribution is 0.0217. The molecule has 0 unspecified atom stereocenters. The number of ether oxygens (including phenoxy) is 1. The Morgan fingerprint density at radius 1 is 1.39 bits per heavy atom. The monoisotopic (exact) mass is 354 g/mol. The van der Waals surface area contributed by atoms with Crippen molar-refractivity contribution in [1.29, 1.82) is 5.26 Å². The van der Waals surface area contributed by atoms with Gasteiger partial charge in [-0.3, -0.25) is 0 Å². The number of carbonyl (C=O) groups is 1. The summed E-state index contributed by atoms with van der Waals surface area (Å²) < 4.78 is 5.48. The highest BCUT2D eigenvalue weighted by atomic mass is 35.5. The SMILES string of the molecule is CC(C)(C)OC(=O)N(Cc1cc(CC#N)cc(Cl)c1Cl)C1CC1. The number of nitrogens with zero attached hydrogens (tertiary/aromatic N) is 2. The van der Waals surface area contributed by atoms with Crippen LogP contribution in [0.1, 0.15) is 44.7 Å². The van der Waals surface area contributed by atoms with E-state index in [0.29, 0.717) is 16.6 Å². The van der Waals surface area contributed by atoms with Crippen LogP contribution in [-0.2, 0) is 17.7 Å². The molecule has 4 nitrogen and oxygen atoms in total. The summed E-state index contributed by atoms with van der Waals surface area (Å²) in [5.41, 5.74) is 0.980. The van der Waals surface area contributed by atoms with Crippen molar-refractivity contribution in [2.75, 3.05) is 0 Å². The van der Waals surface area contributed by atoms with Gasteiger partial charge >= 0.3 is 6.09 Å². The van der Waals surface area contributed by atoms with E-state index in [9.17, 15) is 4.79 Å². The van der Waals surface area contributed by atoms with Crippen LogP contribution in [0.5, 0.6) is 0 Å². The summed E-state index contributed by atoms with van der Waals surface area (Å²) in [6, 6.07) is 5.79. The molecule has 0 atom stereocenters. The maximum absolute atomic E-state index is 12.4. The highest BCUT2D eigenvalue weighted by Crippen LogP contribution is 2.34. The lowest BCUT2D eigenvalue weighted by Crippen LogP contribution is -2.37. The lowest BCUT2D eigenvalue weighted by Gasteiger charge is -2.28. The molecule has 0 aliphatic heterocycles. The third kappa shape index (κ3) is 5.02. The van der Waals surface area contributed by atoms with Gasteiger partial charge in [0.15, 0.2) is 0 Å². The summed E-state index contributed by atoms with van der Waals surface area (Å²) in [6.07, 6.45) is 1.82. The number of carbonyl (C=O) groups excluding carboxylic acids is 1. The van der Waals surface area contributed by atoms with Crippen molar-refractivity contribution in [1.82, 2.24) is 4.90 Å². The first-order valence-corrected chi connectivity index (χ1v) is 8.30. The molecule has 1 aliphatic carbocycles. The van der Waals surface area contributed by atoms with Gasteiger partial charge in [0.2, 0.25) is 0 Å². The summed E-state index contributed by atoms with van der Waals surface area (Å²) in [5, 5.41) is 9.67. The Balaban J connectivity index is 2.23. The molecule has 1 aromatic carbocycles. The smallest absolute Gasteiger partial charge is 0.410 e. The molecule has 0 saturated heterocycles. The second-order valence-corrected chi connectivity index (χ2v) is 7.51. The van der Waals surface area contributed by atoms with Crippen LogP contribution in [0.15, 0.2) is 12.1 Å². The van der Waals surface area contributed by atoms with E-state index in [0.717, 1.165) is 24.0 Å². The van der Waals surface area contributed by atoms with Crippen molar-refractivity contribution in [2.45, 2.75) is 58.2 Å². The third-order valence-electron chi connectivity index (χ3n) is 3.40. The van der Waals surface area contributed by atoms with Gasteiger partial charge in [-0.25, -0.2) is 4.79 Å². The van der Waals surface area contributed by atoms with E-state index >= 15 is 0 Å². The van der Waals surface area contributed by atoms with Crippen LogP contribution in [-0.4, -0.2) is 22.6 Å². The van der Waals surface area contributed by atoms with Crippen LogP contribution >= 0.6 is 23.2 Å². The number of amides is 1. The minimum atomic E-state index is -0.547. The molecular formula is C17H20Cl2N2O2. The molecule has 0 aromatic heterocycles. The average Bonchev–Trinajstić information content (AvgIpc) is 3.23. The largest absolute Gasteiger partial charge is 0.444 e. The summed E-state index contributed by atoms with van der Waals surface area (Å²) >= 11 is 12.4. The van der Waals surface area contributed by atoms with Crippen LogP contribution in [0.2, 0.25) is 10.0 Å². The fraction of sp³-hybridized carbons (Fsp3) is 0.529. The summed E-state index contributed by atoms with van der Waals surface area (Å²) in [4.78, 5) is 14.1. The predicted molar refractivity (Wildman–Crippen MR) is 90.6 cm³/mol. The van der Waals surface area contributed by atoms with Gasteiger partial charge in [-0.15, -0.1) is 0 Å². The number of halogens is 2. The summed E-state index contributed by atoms with van der Waals surface area (Å²) in [6.45, 7) is 5.85. The highest BCUT2D eigenvalue weighted by molar-refractivity contribution is 6.42. The minimum Gasteiger partial charge on any atom is -0.444 e. The average molecular weight is 355 g/mol. The van der Waals surface area contributed by atoms with Crippen LogP contribution in [0.3, 0.4) is 0 Å². The van der Waals surface area contributed by atoms with E-state index in [1.165, 1.54) is 0 Å². The van der Waals surface area contributed by atoms with Gasteiger partial charge in [0.05, 0.1) is 29.1 Å². The zero-order chi connectivity index (χ0) is 17.2. The molecule has 1 amide bonds. The van der Waals surface area contributed by atoms with E-state index in [1.807, 2.05) is 26.8 Å². The number of rotatable bonds is 4. The summed E-state index contributed by atoms with van der Waals surface area (Å²) in [7, 11) is 0. The van der Waals surface area contributed by atoms with Gasteiger partial charge in [-0.2, -0.15) is 5.26 Å². The first kappa shape index (κ1) is 17.9. The molecule has 0 heterocycles. The highest BCUT2D eigenvalue weighted by Gasteiger charge is 2.35. The zero-order valence-corrected chi connectivity index (χ0v) is 15.0. The first-order valence-electron chi connectivity index (χ1n) is 7.54. The second kappa shape index (κ2) is 6.98. The maximum atomic E-state index is 12.4. The fourth-order valence-electron chi connectivity index (χ4n) is 2.25. The van der Waals surface area contributed by atoms with Crippen LogP contribution in [0.4, 0.5) is 4.79 Å². The van der Waals surface area contributed by atoms with Crippen molar-refractivity contribution in [3.05, 3.63) is 33.3 Å². The van der Waals surface area contributed by atoms with Crippen molar-refractivity contribution in [2.24, 2.45) is 0 Å². The Bertz CT molecular complexity index is 643. The molecule has 1 aliphatic rings. The van der Waals surface area contributed by atoms with Crippen LogP contribution in [0, 0.1) is 11.3 Å². The van der Waals surface area contributed by atoms with E-state index in [4.69, 9.17) is 33.2 Å². The Morgan fingerprint density at radius 2 is 2.04 bits per heavy atom. The van der Waals surface area contributed by atoms with E-state index in [1.54, 1.807) is 11.0 Å². The Morgan fingerprint density at radius 3 is 2.57 bits per heavy atom. The minimum absolute atomic E-state index is 0.180.